The number of nitrogens with one attached hydrogen (secondary N) is 1. The third kappa shape index (κ3) is 5.57. The molecular formula is C23H28N2O4. The van der Waals surface area contributed by atoms with Gasteiger partial charge >= 0.3 is 0 Å². The van der Waals surface area contributed by atoms with Crippen LogP contribution in [0.25, 0.3) is 0 Å². The van der Waals surface area contributed by atoms with Crippen molar-refractivity contribution in [3.8, 4) is 5.75 Å². The van der Waals surface area contributed by atoms with Crippen LogP contribution in [0.1, 0.15) is 23.1 Å². The van der Waals surface area contributed by atoms with Crippen molar-refractivity contribution >= 4 is 17.5 Å². The first-order valence-electron chi connectivity index (χ1n) is 9.85. The van der Waals surface area contributed by atoms with Crippen LogP contribution in [0, 0.1) is 13.8 Å². The van der Waals surface area contributed by atoms with E-state index in [1.54, 1.807) is 12.0 Å². The summed E-state index contributed by atoms with van der Waals surface area (Å²) >= 11 is 0. The van der Waals surface area contributed by atoms with E-state index >= 15 is 0 Å². The van der Waals surface area contributed by atoms with Crippen LogP contribution in [-0.2, 0) is 20.7 Å². The number of amides is 2. The van der Waals surface area contributed by atoms with E-state index in [1.165, 1.54) is 0 Å². The minimum Gasteiger partial charge on any atom is -0.496 e. The standard InChI is InChI=1S/C23H28N2O4/c1-16-10-17(2)12-19(11-16)25-14-20(29-15-23(25)27)13-24-22(26)9-8-18-6-4-5-7-21(18)28-3/h4-7,10-12,20H,8-9,13-15H2,1-3H3,(H,24,26). The monoisotopic (exact) mass is 396 g/mol. The quantitative estimate of drug-likeness (QED) is 0.782. The summed E-state index contributed by atoms with van der Waals surface area (Å²) in [6.07, 6.45) is 0.741. The molecular weight excluding hydrogens is 368 g/mol. The molecule has 0 spiro atoms. The van der Waals surface area contributed by atoms with Crippen molar-refractivity contribution in [3.63, 3.8) is 0 Å². The number of hydrogen-bond donors (Lipinski definition) is 1. The van der Waals surface area contributed by atoms with Crippen LogP contribution < -0.4 is 15.0 Å². The molecule has 1 atom stereocenters. The van der Waals surface area contributed by atoms with Crippen LogP contribution in [0.15, 0.2) is 42.5 Å². The summed E-state index contributed by atoms with van der Waals surface area (Å²) in [5.41, 5.74) is 4.11. The van der Waals surface area contributed by atoms with Gasteiger partial charge in [0.2, 0.25) is 5.91 Å². The molecule has 6 nitrogen and oxygen atoms in total. The molecule has 2 amide bonds. The second kappa shape index (κ2) is 9.56. The number of morpholine rings is 1. The maximum atomic E-state index is 12.3. The Morgan fingerprint density at radius 1 is 1.21 bits per heavy atom. The summed E-state index contributed by atoms with van der Waals surface area (Å²) < 4.78 is 11.0. The minimum atomic E-state index is -0.233. The van der Waals surface area contributed by atoms with Gasteiger partial charge in [-0.3, -0.25) is 9.59 Å². The number of anilines is 1. The molecule has 2 aromatic rings. The molecule has 154 valence electrons. The number of carbonyl (C=O) groups is 2. The summed E-state index contributed by atoms with van der Waals surface area (Å²) in [6, 6.07) is 13.8. The van der Waals surface area contributed by atoms with Crippen molar-refractivity contribution in [2.24, 2.45) is 0 Å². The molecule has 29 heavy (non-hydrogen) atoms. The predicted octanol–water partition coefficient (Wildman–Crippen LogP) is 2.79. The number of carbonyl (C=O) groups excluding carboxylic acids is 2. The molecule has 1 N–H and O–H groups in total. The Balaban J connectivity index is 1.52. The van der Waals surface area contributed by atoms with Gasteiger partial charge in [-0.05, 0) is 55.2 Å². The van der Waals surface area contributed by atoms with Gasteiger partial charge in [0.15, 0.2) is 0 Å². The Kier molecular flexibility index (Phi) is 6.88. The van der Waals surface area contributed by atoms with Crippen LogP contribution in [0.4, 0.5) is 5.69 Å². The fourth-order valence-electron chi connectivity index (χ4n) is 3.58. The molecule has 1 heterocycles. The first-order valence-corrected chi connectivity index (χ1v) is 9.85. The highest BCUT2D eigenvalue weighted by Crippen LogP contribution is 2.22. The molecule has 0 aromatic heterocycles. The third-order valence-corrected chi connectivity index (χ3v) is 4.99. The lowest BCUT2D eigenvalue weighted by Crippen LogP contribution is -2.50. The van der Waals surface area contributed by atoms with Crippen LogP contribution in [0.3, 0.4) is 0 Å². The topological polar surface area (TPSA) is 67.9 Å². The first kappa shape index (κ1) is 20.9. The maximum absolute atomic E-state index is 12.3. The van der Waals surface area contributed by atoms with E-state index < -0.39 is 0 Å². The molecule has 2 aromatic carbocycles. The lowest BCUT2D eigenvalue weighted by atomic mass is 10.1. The normalized spacial score (nSPS) is 16.6. The highest BCUT2D eigenvalue weighted by atomic mass is 16.5. The summed E-state index contributed by atoms with van der Waals surface area (Å²) in [5, 5.41) is 2.93. The van der Waals surface area contributed by atoms with Crippen molar-refractivity contribution in [3.05, 3.63) is 59.2 Å². The second-order valence-corrected chi connectivity index (χ2v) is 7.40. The average Bonchev–Trinajstić information content (AvgIpc) is 2.71. The number of para-hydroxylation sites is 1. The van der Waals surface area contributed by atoms with Gasteiger partial charge in [-0.25, -0.2) is 0 Å². The molecule has 1 fully saturated rings. The lowest BCUT2D eigenvalue weighted by molar-refractivity contribution is -0.129. The van der Waals surface area contributed by atoms with E-state index in [2.05, 4.69) is 11.4 Å². The SMILES string of the molecule is COc1ccccc1CCC(=O)NCC1CN(c2cc(C)cc(C)c2)C(=O)CO1. The number of nitrogens with zero attached hydrogens (tertiary/aromatic N) is 1. The molecule has 1 unspecified atom stereocenters. The largest absolute Gasteiger partial charge is 0.496 e. The zero-order chi connectivity index (χ0) is 20.8. The highest BCUT2D eigenvalue weighted by Gasteiger charge is 2.28. The number of rotatable bonds is 7. The zero-order valence-electron chi connectivity index (χ0n) is 17.2. The number of aryl methyl sites for hydroxylation is 3. The van der Waals surface area contributed by atoms with E-state index in [0.717, 1.165) is 28.1 Å². The Labute approximate surface area is 171 Å². The number of ether oxygens (including phenoxy) is 2. The van der Waals surface area contributed by atoms with Crippen LogP contribution in [0.5, 0.6) is 5.75 Å². The van der Waals surface area contributed by atoms with Gasteiger partial charge in [0, 0.05) is 18.7 Å². The average molecular weight is 396 g/mol. The fourth-order valence-corrected chi connectivity index (χ4v) is 3.58. The Hall–Kier alpha value is -2.86. The first-order chi connectivity index (χ1) is 14.0. The van der Waals surface area contributed by atoms with Crippen molar-refractivity contribution < 1.29 is 19.1 Å². The van der Waals surface area contributed by atoms with Crippen molar-refractivity contribution in [2.75, 3.05) is 31.7 Å². The molecule has 0 saturated carbocycles. The number of benzene rings is 2. The van der Waals surface area contributed by atoms with Crippen molar-refractivity contribution in [2.45, 2.75) is 32.8 Å². The summed E-state index contributed by atoms with van der Waals surface area (Å²) in [6.45, 7) is 4.85. The van der Waals surface area contributed by atoms with Crippen molar-refractivity contribution in [1.29, 1.82) is 0 Å². The van der Waals surface area contributed by atoms with Crippen LogP contribution in [-0.4, -0.2) is 44.7 Å². The maximum Gasteiger partial charge on any atom is 0.253 e. The van der Waals surface area contributed by atoms with Gasteiger partial charge < -0.3 is 19.7 Å². The Bertz CT molecular complexity index is 861. The minimum absolute atomic E-state index is 0.0226. The zero-order valence-corrected chi connectivity index (χ0v) is 17.2. The molecule has 3 rings (SSSR count). The van der Waals surface area contributed by atoms with E-state index in [0.29, 0.717) is 25.9 Å². The summed E-state index contributed by atoms with van der Waals surface area (Å²) in [7, 11) is 1.63. The van der Waals surface area contributed by atoms with Crippen LogP contribution in [0.2, 0.25) is 0 Å². The lowest BCUT2D eigenvalue weighted by Gasteiger charge is -2.33. The molecule has 0 bridgehead atoms. The third-order valence-electron chi connectivity index (χ3n) is 4.99. The number of methoxy groups -OCH3 is 1. The van der Waals surface area contributed by atoms with Gasteiger partial charge in [-0.1, -0.05) is 24.3 Å². The molecule has 1 saturated heterocycles. The molecule has 0 radical (unpaired) electrons. The number of hydrogen-bond acceptors (Lipinski definition) is 4. The van der Waals surface area contributed by atoms with E-state index in [4.69, 9.17) is 9.47 Å². The van der Waals surface area contributed by atoms with E-state index in [9.17, 15) is 9.59 Å². The smallest absolute Gasteiger partial charge is 0.253 e. The van der Waals surface area contributed by atoms with Gasteiger partial charge in [0.05, 0.1) is 19.8 Å². The summed E-state index contributed by atoms with van der Waals surface area (Å²) in [4.78, 5) is 26.3. The molecule has 1 aliphatic rings. The second-order valence-electron chi connectivity index (χ2n) is 7.40. The van der Waals surface area contributed by atoms with Gasteiger partial charge in [0.25, 0.3) is 5.91 Å². The van der Waals surface area contributed by atoms with E-state index in [1.807, 2.05) is 50.2 Å². The molecule has 6 heteroatoms. The Morgan fingerprint density at radius 2 is 1.93 bits per heavy atom. The fraction of sp³-hybridized carbons (Fsp3) is 0.391. The summed E-state index contributed by atoms with van der Waals surface area (Å²) in [5.74, 6) is 0.682. The molecule has 1 aliphatic heterocycles. The predicted molar refractivity (Wildman–Crippen MR) is 112 cm³/mol. The van der Waals surface area contributed by atoms with Crippen LogP contribution >= 0.6 is 0 Å². The van der Waals surface area contributed by atoms with Gasteiger partial charge in [0.1, 0.15) is 12.4 Å². The Morgan fingerprint density at radius 3 is 2.66 bits per heavy atom. The van der Waals surface area contributed by atoms with E-state index in [-0.39, 0.29) is 24.5 Å². The van der Waals surface area contributed by atoms with Gasteiger partial charge in [-0.15, -0.1) is 0 Å². The highest BCUT2D eigenvalue weighted by molar-refractivity contribution is 5.95. The van der Waals surface area contributed by atoms with Gasteiger partial charge in [-0.2, -0.15) is 0 Å². The van der Waals surface area contributed by atoms with Crippen molar-refractivity contribution in [1.82, 2.24) is 5.32 Å². The molecule has 0 aliphatic carbocycles.